The Morgan fingerprint density at radius 1 is 1.14 bits per heavy atom. The Bertz CT molecular complexity index is 581. The van der Waals surface area contributed by atoms with Gasteiger partial charge in [-0.15, -0.1) is 0 Å². The predicted octanol–water partition coefficient (Wildman–Crippen LogP) is 2.71. The first-order valence-corrected chi connectivity index (χ1v) is 9.32. The highest BCUT2D eigenvalue weighted by molar-refractivity contribution is 9.10. The predicted molar refractivity (Wildman–Crippen MR) is 89.0 cm³/mol. The van der Waals surface area contributed by atoms with Gasteiger partial charge in [-0.2, -0.15) is 0 Å². The van der Waals surface area contributed by atoms with Crippen LogP contribution in [0.1, 0.15) is 33.3 Å². The monoisotopic (exact) mass is 375 g/mol. The first kappa shape index (κ1) is 18.2. The van der Waals surface area contributed by atoms with Crippen LogP contribution in [0, 0.1) is 0 Å². The number of carbonyl (C=O) groups is 1. The SMILES string of the molecule is CC(C)S(=O)(=O)[C@H](C)C(=O)N[C@H](C)Cc1ccc(Br)cc1. The second kappa shape index (κ2) is 7.40. The maximum atomic E-state index is 12.1. The number of halogens is 1. The van der Waals surface area contributed by atoms with E-state index < -0.39 is 26.2 Å². The van der Waals surface area contributed by atoms with Gasteiger partial charge in [-0.05, 0) is 51.8 Å². The standard InChI is InChI=1S/C15H22BrNO3S/c1-10(2)21(19,20)12(4)15(18)17-11(3)9-13-5-7-14(16)8-6-13/h5-8,10-12H,9H2,1-4H3,(H,17,18)/t11-,12-/m1/s1. The largest absolute Gasteiger partial charge is 0.352 e. The summed E-state index contributed by atoms with van der Waals surface area (Å²) in [6.07, 6.45) is 0.660. The molecule has 118 valence electrons. The Morgan fingerprint density at radius 3 is 2.14 bits per heavy atom. The lowest BCUT2D eigenvalue weighted by molar-refractivity contribution is -0.121. The van der Waals surface area contributed by atoms with Crippen molar-refractivity contribution in [3.8, 4) is 0 Å². The summed E-state index contributed by atoms with van der Waals surface area (Å²) in [5, 5.41) is 1.20. The van der Waals surface area contributed by atoms with Crippen molar-refractivity contribution in [3.05, 3.63) is 34.3 Å². The van der Waals surface area contributed by atoms with Crippen LogP contribution in [0.4, 0.5) is 0 Å². The molecule has 1 N–H and O–H groups in total. The van der Waals surface area contributed by atoms with Gasteiger partial charge in [0.15, 0.2) is 9.84 Å². The van der Waals surface area contributed by atoms with Crippen molar-refractivity contribution >= 4 is 31.7 Å². The van der Waals surface area contributed by atoms with Crippen LogP contribution in [0.5, 0.6) is 0 Å². The summed E-state index contributed by atoms with van der Waals surface area (Å²) in [6, 6.07) is 7.71. The van der Waals surface area contributed by atoms with Gasteiger partial charge in [0.2, 0.25) is 5.91 Å². The van der Waals surface area contributed by atoms with Gasteiger partial charge in [-0.3, -0.25) is 4.79 Å². The third-order valence-corrected chi connectivity index (χ3v) is 6.41. The van der Waals surface area contributed by atoms with E-state index in [4.69, 9.17) is 0 Å². The zero-order chi connectivity index (χ0) is 16.2. The summed E-state index contributed by atoms with van der Waals surface area (Å²) in [4.78, 5) is 12.1. The first-order valence-electron chi connectivity index (χ1n) is 6.92. The van der Waals surface area contributed by atoms with Crippen molar-refractivity contribution in [1.29, 1.82) is 0 Å². The Kier molecular flexibility index (Phi) is 6.41. The molecule has 0 aliphatic rings. The number of hydrogen-bond donors (Lipinski definition) is 1. The lowest BCUT2D eigenvalue weighted by Gasteiger charge is -2.19. The van der Waals surface area contributed by atoms with Crippen molar-refractivity contribution in [2.75, 3.05) is 0 Å². The summed E-state index contributed by atoms with van der Waals surface area (Å²) in [5.41, 5.74) is 1.09. The average Bonchev–Trinajstić information content (AvgIpc) is 2.40. The van der Waals surface area contributed by atoms with Gasteiger partial charge in [0.1, 0.15) is 5.25 Å². The third kappa shape index (κ3) is 5.11. The summed E-state index contributed by atoms with van der Waals surface area (Å²) in [6.45, 7) is 6.49. The molecule has 0 aliphatic carbocycles. The fourth-order valence-corrected chi connectivity index (χ4v) is 3.39. The molecule has 0 saturated heterocycles. The molecule has 0 bridgehead atoms. The molecule has 0 spiro atoms. The number of amides is 1. The minimum Gasteiger partial charge on any atom is -0.352 e. The molecule has 0 fully saturated rings. The summed E-state index contributed by atoms with van der Waals surface area (Å²) < 4.78 is 25.0. The van der Waals surface area contributed by atoms with Gasteiger partial charge in [0, 0.05) is 10.5 Å². The van der Waals surface area contributed by atoms with Crippen molar-refractivity contribution in [1.82, 2.24) is 5.32 Å². The molecule has 1 aromatic carbocycles. The Balaban J connectivity index is 2.64. The quantitative estimate of drug-likeness (QED) is 0.831. The van der Waals surface area contributed by atoms with Gasteiger partial charge in [-0.25, -0.2) is 8.42 Å². The molecule has 0 aliphatic heterocycles. The number of nitrogens with one attached hydrogen (secondary N) is 1. The molecule has 6 heteroatoms. The van der Waals surface area contributed by atoms with E-state index in [1.165, 1.54) is 6.92 Å². The smallest absolute Gasteiger partial charge is 0.238 e. The molecule has 21 heavy (non-hydrogen) atoms. The molecule has 0 aromatic heterocycles. The minimum atomic E-state index is -3.42. The average molecular weight is 376 g/mol. The Hall–Kier alpha value is -0.880. The molecule has 0 saturated carbocycles. The molecule has 1 rings (SSSR count). The molecule has 1 aromatic rings. The van der Waals surface area contributed by atoms with E-state index in [2.05, 4.69) is 21.2 Å². The van der Waals surface area contributed by atoms with Crippen molar-refractivity contribution in [3.63, 3.8) is 0 Å². The van der Waals surface area contributed by atoms with Crippen LogP contribution in [0.2, 0.25) is 0 Å². The zero-order valence-electron chi connectivity index (χ0n) is 12.8. The zero-order valence-corrected chi connectivity index (χ0v) is 15.2. The van der Waals surface area contributed by atoms with Crippen LogP contribution >= 0.6 is 15.9 Å². The Labute approximate surface area is 135 Å². The van der Waals surface area contributed by atoms with Gasteiger partial charge in [0.05, 0.1) is 5.25 Å². The van der Waals surface area contributed by atoms with Crippen molar-refractivity contribution in [2.45, 2.75) is 50.7 Å². The molecule has 0 heterocycles. The molecular weight excluding hydrogens is 354 g/mol. The normalized spacial score (nSPS) is 14.8. The molecule has 4 nitrogen and oxygen atoms in total. The van der Waals surface area contributed by atoms with Crippen LogP contribution in [-0.4, -0.2) is 30.9 Å². The van der Waals surface area contributed by atoms with Gasteiger partial charge >= 0.3 is 0 Å². The highest BCUT2D eigenvalue weighted by Gasteiger charge is 2.31. The van der Waals surface area contributed by atoms with E-state index in [0.717, 1.165) is 10.0 Å². The number of sulfone groups is 1. The highest BCUT2D eigenvalue weighted by Crippen LogP contribution is 2.13. The fourth-order valence-electron chi connectivity index (χ4n) is 1.94. The van der Waals surface area contributed by atoms with Crippen LogP contribution in [0.3, 0.4) is 0 Å². The van der Waals surface area contributed by atoms with Crippen LogP contribution in [0.15, 0.2) is 28.7 Å². The van der Waals surface area contributed by atoms with Crippen LogP contribution in [0.25, 0.3) is 0 Å². The van der Waals surface area contributed by atoms with E-state index in [0.29, 0.717) is 6.42 Å². The molecule has 2 atom stereocenters. The summed E-state index contributed by atoms with van der Waals surface area (Å²) in [7, 11) is -3.42. The summed E-state index contributed by atoms with van der Waals surface area (Å²) in [5.74, 6) is -0.437. The van der Waals surface area contributed by atoms with E-state index in [9.17, 15) is 13.2 Å². The number of benzene rings is 1. The molecule has 0 radical (unpaired) electrons. The Morgan fingerprint density at radius 2 is 1.67 bits per heavy atom. The van der Waals surface area contributed by atoms with Crippen LogP contribution in [-0.2, 0) is 21.1 Å². The van der Waals surface area contributed by atoms with Gasteiger partial charge in [0.25, 0.3) is 0 Å². The minimum absolute atomic E-state index is 0.122. The number of rotatable bonds is 6. The molecular formula is C15H22BrNO3S. The van der Waals surface area contributed by atoms with E-state index in [-0.39, 0.29) is 6.04 Å². The van der Waals surface area contributed by atoms with Gasteiger partial charge in [-0.1, -0.05) is 28.1 Å². The molecule has 0 unspecified atom stereocenters. The fraction of sp³-hybridized carbons (Fsp3) is 0.533. The van der Waals surface area contributed by atoms with E-state index >= 15 is 0 Å². The molecule has 1 amide bonds. The lowest BCUT2D eigenvalue weighted by atomic mass is 10.1. The maximum Gasteiger partial charge on any atom is 0.238 e. The second-order valence-electron chi connectivity index (χ2n) is 5.52. The highest BCUT2D eigenvalue weighted by atomic mass is 79.9. The van der Waals surface area contributed by atoms with Crippen LogP contribution < -0.4 is 5.32 Å². The number of carbonyl (C=O) groups excluding carboxylic acids is 1. The second-order valence-corrected chi connectivity index (χ2v) is 9.26. The topological polar surface area (TPSA) is 63.2 Å². The third-order valence-electron chi connectivity index (χ3n) is 3.36. The summed E-state index contributed by atoms with van der Waals surface area (Å²) >= 11 is 3.37. The lowest BCUT2D eigenvalue weighted by Crippen LogP contribution is -2.44. The first-order chi connectivity index (χ1) is 9.64. The van der Waals surface area contributed by atoms with Gasteiger partial charge < -0.3 is 5.32 Å². The van der Waals surface area contributed by atoms with E-state index in [1.807, 2.05) is 31.2 Å². The van der Waals surface area contributed by atoms with Crippen molar-refractivity contribution in [2.24, 2.45) is 0 Å². The maximum absolute atomic E-state index is 12.1. The number of hydrogen-bond acceptors (Lipinski definition) is 3. The van der Waals surface area contributed by atoms with E-state index in [1.54, 1.807) is 13.8 Å². The van der Waals surface area contributed by atoms with Crippen molar-refractivity contribution < 1.29 is 13.2 Å².